The van der Waals surface area contributed by atoms with Crippen molar-refractivity contribution in [1.82, 2.24) is 5.48 Å². The van der Waals surface area contributed by atoms with Crippen LogP contribution in [0, 0.1) is 0 Å². The highest BCUT2D eigenvalue weighted by Gasteiger charge is 2.05. The summed E-state index contributed by atoms with van der Waals surface area (Å²) in [5, 5.41) is 0. The highest BCUT2D eigenvalue weighted by molar-refractivity contribution is 6.01. The maximum absolute atomic E-state index is 5.97. The molecular formula is C13H24N4O. The molecule has 0 bridgehead atoms. The summed E-state index contributed by atoms with van der Waals surface area (Å²) in [6.07, 6.45) is 1.74. The number of hydrogen-bond acceptors (Lipinski definition) is 4. The number of allylic oxidation sites excluding steroid dienone is 2. The Labute approximate surface area is 109 Å². The standard InChI is InChI=1S/C13H24N4O/c1-7-16-18-10(4)8-12(14)11(5)13(15-6)17-9(2)3/h8-9,16H,6-7,14H2,1-5H3/b10-8+,12-11?,17-13?. The van der Waals surface area contributed by atoms with Crippen LogP contribution in [0.4, 0.5) is 0 Å². The third-order valence-corrected chi connectivity index (χ3v) is 2.03. The molecule has 0 aromatic rings. The highest BCUT2D eigenvalue weighted by Crippen LogP contribution is 2.08. The molecule has 0 rings (SSSR count). The maximum atomic E-state index is 5.97. The molecule has 0 saturated carbocycles. The average molecular weight is 252 g/mol. The van der Waals surface area contributed by atoms with Gasteiger partial charge >= 0.3 is 0 Å². The molecule has 0 unspecified atom stereocenters. The second-order valence-electron chi connectivity index (χ2n) is 4.14. The molecule has 18 heavy (non-hydrogen) atoms. The summed E-state index contributed by atoms with van der Waals surface area (Å²) in [6, 6.07) is 0.149. The summed E-state index contributed by atoms with van der Waals surface area (Å²) >= 11 is 0. The molecule has 0 aromatic carbocycles. The van der Waals surface area contributed by atoms with Crippen LogP contribution in [0.3, 0.4) is 0 Å². The van der Waals surface area contributed by atoms with Crippen LogP contribution in [-0.4, -0.2) is 25.1 Å². The van der Waals surface area contributed by atoms with Crippen LogP contribution in [-0.2, 0) is 4.84 Å². The van der Waals surface area contributed by atoms with E-state index >= 15 is 0 Å². The zero-order chi connectivity index (χ0) is 14.1. The van der Waals surface area contributed by atoms with E-state index in [9.17, 15) is 0 Å². The minimum atomic E-state index is 0.149. The number of hydrogen-bond donors (Lipinski definition) is 2. The van der Waals surface area contributed by atoms with Gasteiger partial charge in [-0.25, -0.2) is 4.99 Å². The van der Waals surface area contributed by atoms with Gasteiger partial charge in [0.1, 0.15) is 5.76 Å². The molecule has 3 N–H and O–H groups in total. The molecule has 5 heteroatoms. The molecule has 0 heterocycles. The normalized spacial score (nSPS) is 14.6. The Kier molecular flexibility index (Phi) is 7.71. The first kappa shape index (κ1) is 16.4. The Morgan fingerprint density at radius 1 is 1.44 bits per heavy atom. The van der Waals surface area contributed by atoms with Crippen molar-refractivity contribution in [1.29, 1.82) is 0 Å². The molecule has 0 aliphatic heterocycles. The van der Waals surface area contributed by atoms with Crippen molar-refractivity contribution in [2.45, 2.75) is 40.7 Å². The molecule has 0 aliphatic carbocycles. The molecule has 0 aliphatic rings. The number of rotatable bonds is 6. The molecule has 0 fully saturated rings. The highest BCUT2D eigenvalue weighted by atomic mass is 16.6. The molecule has 0 spiro atoms. The lowest BCUT2D eigenvalue weighted by Gasteiger charge is -2.08. The van der Waals surface area contributed by atoms with Crippen molar-refractivity contribution in [3.05, 3.63) is 23.1 Å². The maximum Gasteiger partial charge on any atom is 0.151 e. The van der Waals surface area contributed by atoms with Gasteiger partial charge in [0.05, 0.1) is 0 Å². The molecule has 5 nitrogen and oxygen atoms in total. The van der Waals surface area contributed by atoms with Gasteiger partial charge in [0.25, 0.3) is 0 Å². The van der Waals surface area contributed by atoms with Crippen LogP contribution in [0.2, 0.25) is 0 Å². The van der Waals surface area contributed by atoms with Crippen LogP contribution in [0.15, 0.2) is 33.1 Å². The second kappa shape index (κ2) is 8.47. The fourth-order valence-corrected chi connectivity index (χ4v) is 1.17. The van der Waals surface area contributed by atoms with Gasteiger partial charge in [0.15, 0.2) is 5.84 Å². The number of amidine groups is 1. The van der Waals surface area contributed by atoms with Crippen molar-refractivity contribution >= 4 is 12.6 Å². The minimum Gasteiger partial charge on any atom is -0.413 e. The van der Waals surface area contributed by atoms with Crippen LogP contribution < -0.4 is 11.2 Å². The van der Waals surface area contributed by atoms with Crippen molar-refractivity contribution < 1.29 is 4.84 Å². The van der Waals surface area contributed by atoms with Gasteiger partial charge in [-0.1, -0.05) is 0 Å². The van der Waals surface area contributed by atoms with Gasteiger partial charge < -0.3 is 10.6 Å². The van der Waals surface area contributed by atoms with Crippen LogP contribution >= 0.6 is 0 Å². The number of hydroxylamine groups is 1. The van der Waals surface area contributed by atoms with Crippen molar-refractivity contribution in [2.75, 3.05) is 6.54 Å². The monoisotopic (exact) mass is 252 g/mol. The third-order valence-electron chi connectivity index (χ3n) is 2.03. The van der Waals surface area contributed by atoms with E-state index in [1.54, 1.807) is 6.08 Å². The van der Waals surface area contributed by atoms with E-state index in [0.29, 0.717) is 17.3 Å². The topological polar surface area (TPSA) is 72.0 Å². The predicted molar refractivity (Wildman–Crippen MR) is 77.5 cm³/mol. The van der Waals surface area contributed by atoms with Crippen LogP contribution in [0.1, 0.15) is 34.6 Å². The van der Waals surface area contributed by atoms with Gasteiger partial charge in [-0.15, -0.1) is 0 Å². The Bertz CT molecular complexity index is 367. The number of aliphatic imine (C=N–C) groups is 2. The Morgan fingerprint density at radius 3 is 2.50 bits per heavy atom. The number of nitrogens with two attached hydrogens (primary N) is 1. The zero-order valence-electron chi connectivity index (χ0n) is 11.9. The molecular weight excluding hydrogens is 228 g/mol. The van der Waals surface area contributed by atoms with E-state index in [-0.39, 0.29) is 6.04 Å². The molecule has 0 aromatic heterocycles. The van der Waals surface area contributed by atoms with Gasteiger partial charge in [-0.05, 0) is 41.3 Å². The SMILES string of the molecule is C=NC(=NC(C)C)C(C)=C(N)/C=C(\C)ONCC. The van der Waals surface area contributed by atoms with Gasteiger partial charge in [0, 0.05) is 29.9 Å². The third kappa shape index (κ3) is 6.20. The lowest BCUT2D eigenvalue weighted by atomic mass is 10.2. The van der Waals surface area contributed by atoms with E-state index in [1.165, 1.54) is 0 Å². The predicted octanol–water partition coefficient (Wildman–Crippen LogP) is 2.17. The summed E-state index contributed by atoms with van der Waals surface area (Å²) in [6.45, 7) is 13.8. The minimum absolute atomic E-state index is 0.149. The molecule has 0 atom stereocenters. The van der Waals surface area contributed by atoms with Crippen LogP contribution in [0.5, 0.6) is 0 Å². The summed E-state index contributed by atoms with van der Waals surface area (Å²) in [7, 11) is 0. The molecule has 0 saturated heterocycles. The molecule has 102 valence electrons. The summed E-state index contributed by atoms with van der Waals surface area (Å²) in [5.74, 6) is 1.25. The zero-order valence-corrected chi connectivity index (χ0v) is 11.9. The first-order valence-electron chi connectivity index (χ1n) is 6.01. The van der Waals surface area contributed by atoms with Crippen molar-refractivity contribution in [3.8, 4) is 0 Å². The summed E-state index contributed by atoms with van der Waals surface area (Å²) < 4.78 is 0. The fraction of sp³-hybridized carbons (Fsp3) is 0.538. The van der Waals surface area contributed by atoms with Crippen LogP contribution in [0.25, 0.3) is 0 Å². The quantitative estimate of drug-likeness (QED) is 0.250. The summed E-state index contributed by atoms with van der Waals surface area (Å²) in [5.41, 5.74) is 10.1. The van der Waals surface area contributed by atoms with E-state index in [4.69, 9.17) is 10.6 Å². The Morgan fingerprint density at radius 2 is 2.06 bits per heavy atom. The lowest BCUT2D eigenvalue weighted by molar-refractivity contribution is 0.111. The van der Waals surface area contributed by atoms with Gasteiger partial charge in [-0.3, -0.25) is 4.99 Å². The smallest absolute Gasteiger partial charge is 0.151 e. The lowest BCUT2D eigenvalue weighted by Crippen LogP contribution is -2.13. The van der Waals surface area contributed by atoms with Gasteiger partial charge in [-0.2, -0.15) is 5.48 Å². The van der Waals surface area contributed by atoms with Gasteiger partial charge in [0.2, 0.25) is 0 Å². The number of nitrogens with one attached hydrogen (secondary N) is 1. The van der Waals surface area contributed by atoms with E-state index in [2.05, 4.69) is 22.2 Å². The van der Waals surface area contributed by atoms with E-state index in [1.807, 2.05) is 34.6 Å². The van der Waals surface area contributed by atoms with E-state index < -0.39 is 0 Å². The average Bonchev–Trinajstić information content (AvgIpc) is 2.32. The van der Waals surface area contributed by atoms with Crippen molar-refractivity contribution in [3.63, 3.8) is 0 Å². The fourth-order valence-electron chi connectivity index (χ4n) is 1.17. The summed E-state index contributed by atoms with van der Waals surface area (Å²) in [4.78, 5) is 13.5. The first-order valence-corrected chi connectivity index (χ1v) is 6.01. The molecule has 0 amide bonds. The Hall–Kier alpha value is -1.62. The van der Waals surface area contributed by atoms with Crippen molar-refractivity contribution in [2.24, 2.45) is 15.7 Å². The van der Waals surface area contributed by atoms with E-state index in [0.717, 1.165) is 12.1 Å². The molecule has 0 radical (unpaired) electrons. The Balaban J connectivity index is 5.04. The number of nitrogens with zero attached hydrogens (tertiary/aromatic N) is 2. The largest absolute Gasteiger partial charge is 0.413 e. The second-order valence-corrected chi connectivity index (χ2v) is 4.14. The first-order chi connectivity index (χ1) is 8.42.